The highest BCUT2D eigenvalue weighted by Crippen LogP contribution is 2.34. The number of ether oxygens (including phenoxy) is 2. The van der Waals surface area contributed by atoms with Gasteiger partial charge < -0.3 is 30.3 Å². The topological polar surface area (TPSA) is 151 Å². The van der Waals surface area contributed by atoms with Crippen LogP contribution in [0.3, 0.4) is 0 Å². The van der Waals surface area contributed by atoms with Crippen LogP contribution in [-0.4, -0.2) is 65.2 Å². The molecule has 2 amide bonds. The summed E-state index contributed by atoms with van der Waals surface area (Å²) in [5, 5.41) is 25.1. The minimum absolute atomic E-state index is 0.0736. The van der Waals surface area contributed by atoms with Crippen molar-refractivity contribution >= 4 is 115 Å². The number of benzene rings is 6. The van der Waals surface area contributed by atoms with Gasteiger partial charge in [-0.25, -0.2) is 23.0 Å². The largest absolute Gasteiger partial charge is 0.491 e. The molecule has 0 spiro atoms. The first-order valence-corrected chi connectivity index (χ1v) is 22.4. The molecule has 12 nitrogen and oxygen atoms in total. The molecule has 6 aromatic carbocycles. The van der Waals surface area contributed by atoms with E-state index in [2.05, 4.69) is 38.7 Å². The summed E-state index contributed by atoms with van der Waals surface area (Å²) >= 11 is 22.0. The number of aryl methyl sites for hydroxylation is 1. The number of aliphatic hydroxyl groups is 2. The number of carbonyl (C=O) groups excluding carboxylic acids is 2. The predicted molar refractivity (Wildman–Crippen MR) is 260 cm³/mol. The van der Waals surface area contributed by atoms with Crippen molar-refractivity contribution in [2.24, 2.45) is 0 Å². The van der Waals surface area contributed by atoms with Crippen LogP contribution in [0.2, 0.25) is 10.0 Å². The van der Waals surface area contributed by atoms with Crippen LogP contribution in [0.4, 0.5) is 40.3 Å². The molecular formula is C45H37Cl3F4I2N4O8. The number of hydrogen-bond donors (Lipinski definition) is 5. The molecule has 0 aliphatic carbocycles. The van der Waals surface area contributed by atoms with Crippen molar-refractivity contribution in [3.05, 3.63) is 172 Å². The number of carbonyl (C=O) groups is 2. The fourth-order valence-electron chi connectivity index (χ4n) is 5.45. The Labute approximate surface area is 418 Å². The number of halogens is 9. The maximum Gasteiger partial charge on any atom is 0.295 e. The molecule has 21 heteroatoms. The fourth-order valence-corrected chi connectivity index (χ4v) is 7.34. The summed E-state index contributed by atoms with van der Waals surface area (Å²) in [5.41, 5.74) is 2.17. The lowest BCUT2D eigenvalue weighted by atomic mass is 10.1. The first-order chi connectivity index (χ1) is 31.5. The van der Waals surface area contributed by atoms with E-state index in [1.807, 2.05) is 40.8 Å². The maximum atomic E-state index is 14.7. The van der Waals surface area contributed by atoms with Gasteiger partial charge in [0, 0.05) is 24.6 Å². The normalized spacial score (nSPS) is 11.7. The molecule has 0 saturated carbocycles. The minimum Gasteiger partial charge on any atom is -0.491 e. The monoisotopic (exact) mass is 1200 g/mol. The van der Waals surface area contributed by atoms with Crippen LogP contribution in [0.25, 0.3) is 0 Å². The van der Waals surface area contributed by atoms with Gasteiger partial charge in [-0.15, -0.1) is 4.58 Å². The molecule has 0 aliphatic heterocycles. The summed E-state index contributed by atoms with van der Waals surface area (Å²) in [7, 11) is 0. The van der Waals surface area contributed by atoms with Gasteiger partial charge in [0.05, 0.1) is 38.2 Å². The van der Waals surface area contributed by atoms with Crippen molar-refractivity contribution in [1.29, 1.82) is 0 Å². The molecule has 5 N–H and O–H groups in total. The summed E-state index contributed by atoms with van der Waals surface area (Å²) in [6.07, 6.45) is -2.17. The smallest absolute Gasteiger partial charge is 0.295 e. The van der Waals surface area contributed by atoms with Gasteiger partial charge in [-0.3, -0.25) is 19.3 Å². The highest BCUT2D eigenvalue weighted by atomic mass is 127. The number of anilines is 4. The van der Waals surface area contributed by atoms with Gasteiger partial charge >= 0.3 is 0 Å². The lowest BCUT2D eigenvalue weighted by molar-refractivity contribution is -0.0962. The van der Waals surface area contributed by atoms with Crippen LogP contribution in [0, 0.1) is 37.3 Å². The summed E-state index contributed by atoms with van der Waals surface area (Å²) in [5.74, 6) is -5.81. The molecule has 66 heavy (non-hydrogen) atoms. The molecule has 2 atom stereocenters. The molecule has 0 aromatic heterocycles. The fraction of sp³-hybridized carbons (Fsp3) is 0.156. The molecule has 2 unspecified atom stereocenters. The Balaban J connectivity index is 0.000000247. The number of para-hydroxylation sites is 2. The van der Waals surface area contributed by atoms with Gasteiger partial charge in [0.15, 0.2) is 23.3 Å². The number of hydrogen-bond acceptors (Lipinski definition) is 10. The first kappa shape index (κ1) is 52.3. The number of nitrogens with one attached hydrogen (secondary N) is 3. The number of hydroxylamine groups is 2. The zero-order chi connectivity index (χ0) is 47.9. The first-order valence-electron chi connectivity index (χ1n) is 19.2. The van der Waals surface area contributed by atoms with Crippen molar-refractivity contribution in [1.82, 2.24) is 10.1 Å². The average Bonchev–Trinajstić information content (AvgIpc) is 3.30. The standard InChI is InChI=1S/C23H20ClF2IN2O4.C22H17Cl2F2IN2O4/c1-13-9-14(27)7-8-19(13)28-22-17(10-18(24)20(25)21(22)26)23(31)29-33-12-15(30)11-32-16-5-3-2-4-6-16;23-17-10-13(27)6-9-19(17)28-21-16(7-8-18(25)20(21)26)22(31)29(24)33-12-14(30)11-32-15-4-2-1-3-5-15/h2-10,15,28,30H,11-12H2,1H3,(H,29,31);1-10,14,28,30H,11-12H2. The van der Waals surface area contributed by atoms with Gasteiger partial charge in [0.1, 0.15) is 50.1 Å². The Bertz CT molecular complexity index is 2620. The highest BCUT2D eigenvalue weighted by molar-refractivity contribution is 14.1. The maximum absolute atomic E-state index is 14.7. The molecule has 0 aliphatic rings. The summed E-state index contributed by atoms with van der Waals surface area (Å²) < 4.78 is 70.1. The van der Waals surface area contributed by atoms with Gasteiger partial charge in [0.2, 0.25) is 0 Å². The lowest BCUT2D eigenvalue weighted by Gasteiger charge is -2.19. The molecule has 6 aromatic rings. The third kappa shape index (κ3) is 15.2. The van der Waals surface area contributed by atoms with Crippen LogP contribution in [0.15, 0.2) is 115 Å². The average molecular weight is 1200 g/mol. The third-order valence-electron chi connectivity index (χ3n) is 8.72. The number of aliphatic hydroxyl groups excluding tert-OH is 2. The van der Waals surface area contributed by atoms with Crippen molar-refractivity contribution in [3.63, 3.8) is 0 Å². The third-order valence-corrected chi connectivity index (χ3v) is 10.9. The van der Waals surface area contributed by atoms with E-state index in [4.69, 9.17) is 54.1 Å². The predicted octanol–water partition coefficient (Wildman–Crippen LogP) is 11.3. The van der Waals surface area contributed by atoms with E-state index in [-0.39, 0.29) is 41.7 Å². The summed E-state index contributed by atoms with van der Waals surface area (Å²) in [6.45, 7) is 0.908. The quantitative estimate of drug-likeness (QED) is 0.0185. The molecule has 0 saturated heterocycles. The summed E-state index contributed by atoms with van der Waals surface area (Å²) in [4.78, 5) is 35.5. The van der Waals surface area contributed by atoms with Gasteiger partial charge in [-0.05, 0) is 137 Å². The van der Waals surface area contributed by atoms with E-state index in [0.29, 0.717) is 21.8 Å². The van der Waals surface area contributed by atoms with Gasteiger partial charge in [-0.2, -0.15) is 0 Å². The van der Waals surface area contributed by atoms with Gasteiger partial charge in [0.25, 0.3) is 11.8 Å². The van der Waals surface area contributed by atoms with Crippen LogP contribution < -0.4 is 25.6 Å². The Hall–Kier alpha value is -4.65. The minimum atomic E-state index is -1.30. The molecular weight excluding hydrogens is 1160 g/mol. The number of nitrogens with zero attached hydrogens (tertiary/aromatic N) is 1. The Kier molecular flexibility index (Phi) is 20.2. The van der Waals surface area contributed by atoms with E-state index in [1.165, 1.54) is 0 Å². The molecule has 0 bridgehead atoms. The van der Waals surface area contributed by atoms with Crippen LogP contribution in [0.1, 0.15) is 26.3 Å². The van der Waals surface area contributed by atoms with Crippen molar-refractivity contribution < 1.29 is 56.5 Å². The van der Waals surface area contributed by atoms with Crippen molar-refractivity contribution in [2.75, 3.05) is 37.1 Å². The molecule has 0 heterocycles. The molecule has 0 radical (unpaired) electrons. The second-order valence-electron chi connectivity index (χ2n) is 13.7. The van der Waals surface area contributed by atoms with Crippen LogP contribution in [0.5, 0.6) is 11.5 Å². The van der Waals surface area contributed by atoms with Crippen LogP contribution in [-0.2, 0) is 9.68 Å². The Morgan fingerprint density at radius 2 is 1.20 bits per heavy atom. The molecule has 0 fully saturated rings. The van der Waals surface area contributed by atoms with E-state index in [1.54, 1.807) is 85.8 Å². The second kappa shape index (κ2) is 25.5. The number of rotatable bonds is 18. The van der Waals surface area contributed by atoms with E-state index in [0.717, 1.165) is 30.9 Å². The van der Waals surface area contributed by atoms with Crippen LogP contribution >= 0.6 is 80.2 Å². The zero-order valence-electron chi connectivity index (χ0n) is 34.1. The van der Waals surface area contributed by atoms with E-state index in [9.17, 15) is 37.4 Å². The molecule has 6 rings (SSSR count). The van der Waals surface area contributed by atoms with Crippen molar-refractivity contribution in [2.45, 2.75) is 19.1 Å². The Morgan fingerprint density at radius 3 is 1.79 bits per heavy atom. The Morgan fingerprint density at radius 1 is 0.652 bits per heavy atom. The number of amides is 2. The SMILES string of the molecule is Cc1cc(I)ccc1Nc1c(C(=O)NOCC(O)COc2ccccc2)cc(Cl)c(F)c1F.O=C(c1ccc(F)c(F)c1Nc1ccc(I)cc1Cl)N(Cl)OCC(O)COc1ccccc1. The summed E-state index contributed by atoms with van der Waals surface area (Å²) in [6, 6.07) is 30.7. The second-order valence-corrected chi connectivity index (χ2v) is 17.3. The van der Waals surface area contributed by atoms with Gasteiger partial charge in [-0.1, -0.05) is 59.6 Å². The molecule has 348 valence electrons. The zero-order valence-corrected chi connectivity index (χ0v) is 40.7. The van der Waals surface area contributed by atoms with E-state index < -0.39 is 70.3 Å². The van der Waals surface area contributed by atoms with E-state index >= 15 is 0 Å². The lowest BCUT2D eigenvalue weighted by Crippen LogP contribution is -2.31. The highest BCUT2D eigenvalue weighted by Gasteiger charge is 2.26. The van der Waals surface area contributed by atoms with Crippen molar-refractivity contribution in [3.8, 4) is 11.5 Å².